The van der Waals surface area contributed by atoms with Gasteiger partial charge in [-0.05, 0) is 81.7 Å². The van der Waals surface area contributed by atoms with Crippen LogP contribution >= 0.6 is 0 Å². The normalized spacial score (nSPS) is 19.7. The van der Waals surface area contributed by atoms with E-state index < -0.39 is 40.4 Å². The van der Waals surface area contributed by atoms with Crippen molar-refractivity contribution >= 4 is 23.8 Å². The number of pyridine rings is 1. The fourth-order valence-corrected chi connectivity index (χ4v) is 4.76. The largest absolute Gasteiger partial charge is 0.444 e. The quantitative estimate of drug-likeness (QED) is 0.258. The van der Waals surface area contributed by atoms with Crippen molar-refractivity contribution in [3.8, 4) is 0 Å². The zero-order chi connectivity index (χ0) is 28.6. The van der Waals surface area contributed by atoms with Crippen LogP contribution in [0.15, 0.2) is 65.5 Å². The van der Waals surface area contributed by atoms with E-state index in [0.717, 1.165) is 18.5 Å². The molecule has 206 valence electrons. The van der Waals surface area contributed by atoms with E-state index in [1.54, 1.807) is 26.8 Å². The number of aromatic nitrogens is 1. The highest BCUT2D eigenvalue weighted by Crippen LogP contribution is 2.47. The molecule has 1 saturated heterocycles. The summed E-state index contributed by atoms with van der Waals surface area (Å²) < 4.78 is 59.2. The second-order valence-electron chi connectivity index (χ2n) is 10.6. The standard InChI is InChI=1S/C28H28F4N4O3/c1-26(2,3)39-25(38)36-11-9-18-12-22(35-21-6-4-20(29)5-7-21)17(15-33)14-27(18,16-36)24(37)23-13-19(8-10-34-23)28(30,31)32/h4-8,10,12-13,15,33,35H,9,11,14,16H2,1-3H3. The molecule has 11 heteroatoms. The van der Waals surface area contributed by atoms with Gasteiger partial charge in [0.25, 0.3) is 0 Å². The van der Waals surface area contributed by atoms with Crippen LogP contribution in [0.4, 0.5) is 28.0 Å². The number of benzene rings is 1. The average molecular weight is 545 g/mol. The van der Waals surface area contributed by atoms with Gasteiger partial charge in [0.15, 0.2) is 5.78 Å². The van der Waals surface area contributed by atoms with Crippen molar-refractivity contribution in [1.29, 1.82) is 5.41 Å². The lowest BCUT2D eigenvalue weighted by molar-refractivity contribution is -0.137. The molecule has 0 bridgehead atoms. The molecule has 1 aromatic heterocycles. The van der Waals surface area contributed by atoms with Gasteiger partial charge < -0.3 is 20.4 Å². The molecule has 2 aromatic rings. The summed E-state index contributed by atoms with van der Waals surface area (Å²) >= 11 is 0. The number of ketones is 1. The van der Waals surface area contributed by atoms with Crippen LogP contribution in [0.1, 0.15) is 49.7 Å². The van der Waals surface area contributed by atoms with Gasteiger partial charge in [-0.2, -0.15) is 13.2 Å². The second kappa shape index (κ2) is 10.3. The number of piperidine rings is 1. The van der Waals surface area contributed by atoms with Crippen LogP contribution in [0, 0.1) is 16.6 Å². The number of amides is 1. The molecule has 1 fully saturated rings. The number of carbonyl (C=O) groups is 2. The van der Waals surface area contributed by atoms with E-state index in [9.17, 15) is 27.2 Å². The molecule has 1 aliphatic carbocycles. The molecule has 1 aliphatic heterocycles. The van der Waals surface area contributed by atoms with Crippen molar-refractivity contribution in [2.75, 3.05) is 18.4 Å². The van der Waals surface area contributed by atoms with Gasteiger partial charge in [0, 0.05) is 36.9 Å². The third-order valence-electron chi connectivity index (χ3n) is 6.59. The van der Waals surface area contributed by atoms with Crippen LogP contribution in [0.25, 0.3) is 0 Å². The molecular formula is C28H28F4N4O3. The Hall–Kier alpha value is -4.02. The van der Waals surface area contributed by atoms with E-state index in [1.807, 2.05) is 0 Å². The molecule has 4 rings (SSSR count). The summed E-state index contributed by atoms with van der Waals surface area (Å²) in [6.45, 7) is 5.17. The molecule has 0 radical (unpaired) electrons. The van der Waals surface area contributed by atoms with Crippen LogP contribution < -0.4 is 5.32 Å². The molecule has 1 amide bonds. The van der Waals surface area contributed by atoms with Crippen molar-refractivity contribution in [3.63, 3.8) is 0 Å². The minimum Gasteiger partial charge on any atom is -0.444 e. The Labute approximate surface area is 223 Å². The van der Waals surface area contributed by atoms with Gasteiger partial charge >= 0.3 is 12.3 Å². The van der Waals surface area contributed by atoms with Crippen LogP contribution in [-0.2, 0) is 10.9 Å². The van der Waals surface area contributed by atoms with Gasteiger partial charge in [0.2, 0.25) is 0 Å². The summed E-state index contributed by atoms with van der Waals surface area (Å²) in [5.41, 5.74) is -1.65. The number of rotatable bonds is 5. The van der Waals surface area contributed by atoms with E-state index in [4.69, 9.17) is 10.1 Å². The Balaban J connectivity index is 1.77. The minimum absolute atomic E-state index is 0.0675. The highest BCUT2D eigenvalue weighted by Gasteiger charge is 2.50. The molecule has 1 aromatic carbocycles. The Kier molecular flexibility index (Phi) is 7.38. The summed E-state index contributed by atoms with van der Waals surface area (Å²) in [4.78, 5) is 32.3. The molecule has 2 aliphatic rings. The lowest BCUT2D eigenvalue weighted by Crippen LogP contribution is -2.53. The van der Waals surface area contributed by atoms with E-state index in [-0.39, 0.29) is 31.6 Å². The van der Waals surface area contributed by atoms with Gasteiger partial charge in [-0.25, -0.2) is 9.18 Å². The van der Waals surface area contributed by atoms with Crippen LogP contribution in [-0.4, -0.2) is 46.7 Å². The molecule has 39 heavy (non-hydrogen) atoms. The SMILES string of the molecule is CC(C)(C)OC(=O)N1CCC2=CC(Nc3ccc(F)cc3)=C(C=N)CC2(C(=O)c2cc(C(F)(F)F)ccn2)C1. The number of carbonyl (C=O) groups excluding carboxylic acids is 2. The van der Waals surface area contributed by atoms with Crippen molar-refractivity contribution in [3.05, 3.63) is 82.6 Å². The van der Waals surface area contributed by atoms with Gasteiger partial charge in [0.1, 0.15) is 17.1 Å². The minimum atomic E-state index is -4.68. The van der Waals surface area contributed by atoms with Crippen molar-refractivity contribution < 1.29 is 31.9 Å². The fourth-order valence-electron chi connectivity index (χ4n) is 4.76. The van der Waals surface area contributed by atoms with Gasteiger partial charge in [-0.15, -0.1) is 0 Å². The lowest BCUT2D eigenvalue weighted by atomic mass is 9.65. The number of nitrogens with zero attached hydrogens (tertiary/aromatic N) is 2. The average Bonchev–Trinajstić information content (AvgIpc) is 2.87. The first-order valence-electron chi connectivity index (χ1n) is 12.2. The molecule has 1 atom stereocenters. The van der Waals surface area contributed by atoms with E-state index in [0.29, 0.717) is 28.6 Å². The first-order chi connectivity index (χ1) is 18.2. The maximum atomic E-state index is 14.0. The number of alkyl halides is 3. The highest BCUT2D eigenvalue weighted by molar-refractivity contribution is 6.03. The van der Waals surface area contributed by atoms with Crippen molar-refractivity contribution in [1.82, 2.24) is 9.88 Å². The third-order valence-corrected chi connectivity index (χ3v) is 6.59. The maximum absolute atomic E-state index is 14.0. The van der Waals surface area contributed by atoms with Crippen molar-refractivity contribution in [2.45, 2.75) is 45.4 Å². The summed E-state index contributed by atoms with van der Waals surface area (Å²) in [6, 6.07) is 7.08. The number of anilines is 1. The molecular weight excluding hydrogens is 516 g/mol. The second-order valence-corrected chi connectivity index (χ2v) is 10.6. The number of halogens is 4. The summed E-state index contributed by atoms with van der Waals surface area (Å²) in [5.74, 6) is -1.11. The zero-order valence-electron chi connectivity index (χ0n) is 21.7. The van der Waals surface area contributed by atoms with Gasteiger partial charge in [-0.3, -0.25) is 9.78 Å². The number of ether oxygens (including phenoxy) is 1. The fraction of sp³-hybridized carbons (Fsp3) is 0.357. The Morgan fingerprint density at radius 3 is 2.46 bits per heavy atom. The number of Topliss-reactive ketones (excluding diaryl/α,β-unsaturated/α-hetero) is 1. The van der Waals surface area contributed by atoms with Crippen LogP contribution in [0.2, 0.25) is 0 Å². The summed E-state index contributed by atoms with van der Waals surface area (Å²) in [6.07, 6.45) is -1.48. The number of fused-ring (bicyclic) bond motifs is 1. The Morgan fingerprint density at radius 2 is 1.85 bits per heavy atom. The molecule has 2 heterocycles. The Morgan fingerprint density at radius 1 is 1.15 bits per heavy atom. The smallest absolute Gasteiger partial charge is 0.416 e. The van der Waals surface area contributed by atoms with E-state index in [1.165, 1.54) is 29.2 Å². The van der Waals surface area contributed by atoms with Crippen LogP contribution in [0.3, 0.4) is 0 Å². The van der Waals surface area contributed by atoms with Crippen molar-refractivity contribution in [2.24, 2.45) is 5.41 Å². The number of nitrogens with one attached hydrogen (secondary N) is 2. The summed E-state index contributed by atoms with van der Waals surface area (Å²) in [5, 5.41) is 11.2. The first kappa shape index (κ1) is 28.0. The topological polar surface area (TPSA) is 95.4 Å². The maximum Gasteiger partial charge on any atom is 0.416 e. The number of allylic oxidation sites excluding steroid dienone is 2. The molecule has 2 N–H and O–H groups in total. The predicted molar refractivity (Wildman–Crippen MR) is 137 cm³/mol. The van der Waals surface area contributed by atoms with E-state index >= 15 is 0 Å². The van der Waals surface area contributed by atoms with Gasteiger partial charge in [-0.1, -0.05) is 5.57 Å². The van der Waals surface area contributed by atoms with Crippen LogP contribution in [0.5, 0.6) is 0 Å². The third kappa shape index (κ3) is 6.02. The molecule has 0 spiro atoms. The lowest BCUT2D eigenvalue weighted by Gasteiger charge is -2.46. The predicted octanol–water partition coefficient (Wildman–Crippen LogP) is 6.40. The zero-order valence-corrected chi connectivity index (χ0v) is 21.7. The summed E-state index contributed by atoms with van der Waals surface area (Å²) in [7, 11) is 0. The number of likely N-dealkylation sites (tertiary alicyclic amines) is 1. The highest BCUT2D eigenvalue weighted by atomic mass is 19.4. The Bertz CT molecular complexity index is 1360. The first-order valence-corrected chi connectivity index (χ1v) is 12.2. The monoisotopic (exact) mass is 544 g/mol. The molecule has 0 saturated carbocycles. The number of hydrogen-bond acceptors (Lipinski definition) is 6. The molecule has 1 unspecified atom stereocenters. The number of hydrogen-bond donors (Lipinski definition) is 2. The van der Waals surface area contributed by atoms with E-state index in [2.05, 4.69) is 10.3 Å². The molecule has 7 nitrogen and oxygen atoms in total. The van der Waals surface area contributed by atoms with Gasteiger partial charge in [0.05, 0.1) is 11.0 Å².